The number of anilines is 1. The van der Waals surface area contributed by atoms with Crippen molar-refractivity contribution >= 4 is 15.8 Å². The number of aliphatic hydroxyl groups excluding tert-OH is 1. The molecule has 7 nitrogen and oxygen atoms in total. The molecule has 98 valence electrons. The fourth-order valence-corrected chi connectivity index (χ4v) is 2.58. The summed E-state index contributed by atoms with van der Waals surface area (Å²) in [6.07, 6.45) is 1.97. The SMILES string of the molecule is CCCC(O)CNS(=O)(=O)c1cn(C)nc1N. The quantitative estimate of drug-likeness (QED) is 0.636. The van der Waals surface area contributed by atoms with Crippen LogP contribution in [-0.2, 0) is 17.1 Å². The Morgan fingerprint density at radius 2 is 2.29 bits per heavy atom. The zero-order chi connectivity index (χ0) is 13.1. The van der Waals surface area contributed by atoms with E-state index in [-0.39, 0.29) is 17.3 Å². The summed E-state index contributed by atoms with van der Waals surface area (Å²) >= 11 is 0. The molecule has 0 radical (unpaired) electrons. The number of hydrogen-bond acceptors (Lipinski definition) is 5. The molecule has 0 fully saturated rings. The molecule has 1 heterocycles. The van der Waals surface area contributed by atoms with Gasteiger partial charge in [-0.25, -0.2) is 13.1 Å². The van der Waals surface area contributed by atoms with E-state index in [4.69, 9.17) is 5.73 Å². The van der Waals surface area contributed by atoms with Gasteiger partial charge < -0.3 is 10.8 Å². The third-order valence-corrected chi connectivity index (χ3v) is 3.68. The van der Waals surface area contributed by atoms with Crippen LogP contribution < -0.4 is 10.5 Å². The maximum absolute atomic E-state index is 11.8. The molecule has 1 rings (SSSR count). The summed E-state index contributed by atoms with van der Waals surface area (Å²) in [4.78, 5) is -0.0660. The van der Waals surface area contributed by atoms with Crippen LogP contribution in [0.3, 0.4) is 0 Å². The first-order valence-corrected chi connectivity index (χ1v) is 6.82. The third-order valence-electron chi connectivity index (χ3n) is 2.24. The van der Waals surface area contributed by atoms with Crippen molar-refractivity contribution in [3.8, 4) is 0 Å². The second-order valence-corrected chi connectivity index (χ2v) is 5.58. The first kappa shape index (κ1) is 13.9. The Morgan fingerprint density at radius 1 is 1.65 bits per heavy atom. The number of aliphatic hydroxyl groups is 1. The minimum Gasteiger partial charge on any atom is -0.392 e. The summed E-state index contributed by atoms with van der Waals surface area (Å²) in [5, 5.41) is 13.2. The van der Waals surface area contributed by atoms with E-state index < -0.39 is 16.1 Å². The molecule has 0 amide bonds. The molecule has 1 aromatic heterocycles. The molecule has 0 aliphatic rings. The standard InChI is InChI=1S/C9H18N4O3S/c1-3-4-7(14)5-11-17(15,16)8-6-13(2)12-9(8)10/h6-7,11,14H,3-5H2,1-2H3,(H2,10,12). The second-order valence-electron chi connectivity index (χ2n) is 3.85. The predicted molar refractivity (Wildman–Crippen MR) is 63.7 cm³/mol. The monoisotopic (exact) mass is 262 g/mol. The van der Waals surface area contributed by atoms with Crippen molar-refractivity contribution in [2.24, 2.45) is 7.05 Å². The molecule has 0 bridgehead atoms. The van der Waals surface area contributed by atoms with Crippen LogP contribution in [0, 0.1) is 0 Å². The third kappa shape index (κ3) is 3.69. The molecular weight excluding hydrogens is 244 g/mol. The average molecular weight is 262 g/mol. The molecule has 0 spiro atoms. The Hall–Kier alpha value is -1.12. The van der Waals surface area contributed by atoms with Gasteiger partial charge in [-0.3, -0.25) is 4.68 Å². The lowest BCUT2D eigenvalue weighted by atomic mass is 10.2. The number of sulfonamides is 1. The molecule has 0 aliphatic heterocycles. The van der Waals surface area contributed by atoms with Crippen LogP contribution in [0.4, 0.5) is 5.82 Å². The van der Waals surface area contributed by atoms with Gasteiger partial charge in [0.15, 0.2) is 5.82 Å². The van der Waals surface area contributed by atoms with Crippen LogP contribution in [0.2, 0.25) is 0 Å². The highest BCUT2D eigenvalue weighted by atomic mass is 32.2. The van der Waals surface area contributed by atoms with Gasteiger partial charge in [-0.05, 0) is 6.42 Å². The Bertz CT molecular complexity index is 469. The van der Waals surface area contributed by atoms with Crippen molar-refractivity contribution in [2.75, 3.05) is 12.3 Å². The molecule has 1 unspecified atom stereocenters. The topological polar surface area (TPSA) is 110 Å². The van der Waals surface area contributed by atoms with E-state index in [1.807, 2.05) is 6.92 Å². The van der Waals surface area contributed by atoms with Crippen molar-refractivity contribution in [2.45, 2.75) is 30.8 Å². The van der Waals surface area contributed by atoms with Crippen LogP contribution in [0.1, 0.15) is 19.8 Å². The average Bonchev–Trinajstić information content (AvgIpc) is 2.56. The Balaban J connectivity index is 2.73. The molecule has 4 N–H and O–H groups in total. The minimum atomic E-state index is -3.70. The summed E-state index contributed by atoms with van der Waals surface area (Å²) in [6.45, 7) is 1.89. The minimum absolute atomic E-state index is 0.0233. The molecule has 1 atom stereocenters. The first-order valence-electron chi connectivity index (χ1n) is 5.33. The maximum Gasteiger partial charge on any atom is 0.245 e. The Morgan fingerprint density at radius 3 is 2.76 bits per heavy atom. The van der Waals surface area contributed by atoms with Crippen LogP contribution in [0.15, 0.2) is 11.1 Å². The van der Waals surface area contributed by atoms with E-state index in [1.165, 1.54) is 10.9 Å². The van der Waals surface area contributed by atoms with E-state index >= 15 is 0 Å². The zero-order valence-electron chi connectivity index (χ0n) is 9.92. The summed E-state index contributed by atoms with van der Waals surface area (Å²) in [7, 11) is -2.12. The number of aryl methyl sites for hydroxylation is 1. The van der Waals surface area contributed by atoms with Crippen LogP contribution >= 0.6 is 0 Å². The van der Waals surface area contributed by atoms with Gasteiger partial charge in [0, 0.05) is 19.8 Å². The highest BCUT2D eigenvalue weighted by Crippen LogP contribution is 2.15. The van der Waals surface area contributed by atoms with E-state index in [1.54, 1.807) is 7.05 Å². The van der Waals surface area contributed by atoms with Crippen LogP contribution in [0.25, 0.3) is 0 Å². The number of hydrogen-bond donors (Lipinski definition) is 3. The van der Waals surface area contributed by atoms with E-state index in [0.717, 1.165) is 6.42 Å². The first-order chi connectivity index (χ1) is 7.86. The zero-order valence-corrected chi connectivity index (χ0v) is 10.7. The number of nitrogens with two attached hydrogens (primary N) is 1. The molecule has 0 saturated heterocycles. The van der Waals surface area contributed by atoms with Crippen molar-refractivity contribution in [3.63, 3.8) is 0 Å². The second kappa shape index (κ2) is 5.48. The van der Waals surface area contributed by atoms with Crippen molar-refractivity contribution in [1.29, 1.82) is 0 Å². The summed E-state index contributed by atoms with van der Waals surface area (Å²) in [5.74, 6) is -0.0509. The number of aromatic nitrogens is 2. The van der Waals surface area contributed by atoms with Gasteiger partial charge in [0.25, 0.3) is 0 Å². The maximum atomic E-state index is 11.8. The largest absolute Gasteiger partial charge is 0.392 e. The molecule has 0 aliphatic carbocycles. The van der Waals surface area contributed by atoms with Gasteiger partial charge in [-0.15, -0.1) is 0 Å². The molecule has 0 saturated carbocycles. The van der Waals surface area contributed by atoms with E-state index in [2.05, 4.69) is 9.82 Å². The van der Waals surface area contributed by atoms with Crippen LogP contribution in [-0.4, -0.2) is 36.0 Å². The van der Waals surface area contributed by atoms with Crippen molar-refractivity contribution < 1.29 is 13.5 Å². The van der Waals surface area contributed by atoms with Gasteiger partial charge in [0.2, 0.25) is 10.0 Å². The van der Waals surface area contributed by atoms with Gasteiger partial charge in [-0.1, -0.05) is 13.3 Å². The van der Waals surface area contributed by atoms with Crippen LogP contribution in [0.5, 0.6) is 0 Å². The summed E-state index contributed by atoms with van der Waals surface area (Å²) in [6, 6.07) is 0. The van der Waals surface area contributed by atoms with Crippen molar-refractivity contribution in [3.05, 3.63) is 6.20 Å². The van der Waals surface area contributed by atoms with Gasteiger partial charge in [0.1, 0.15) is 4.90 Å². The highest BCUT2D eigenvalue weighted by Gasteiger charge is 2.21. The Kier molecular flexibility index (Phi) is 4.49. The Labute approximate surface area is 101 Å². The fraction of sp³-hybridized carbons (Fsp3) is 0.667. The number of rotatable bonds is 6. The highest BCUT2D eigenvalue weighted by molar-refractivity contribution is 7.89. The fourth-order valence-electron chi connectivity index (χ4n) is 1.41. The summed E-state index contributed by atoms with van der Waals surface area (Å²) in [5.41, 5.74) is 5.48. The lowest BCUT2D eigenvalue weighted by molar-refractivity contribution is 0.167. The lowest BCUT2D eigenvalue weighted by Crippen LogP contribution is -2.32. The number of nitrogens with zero attached hydrogens (tertiary/aromatic N) is 2. The number of nitrogen functional groups attached to an aromatic ring is 1. The molecule has 8 heteroatoms. The van der Waals surface area contributed by atoms with Crippen molar-refractivity contribution in [1.82, 2.24) is 14.5 Å². The molecular formula is C9H18N4O3S. The smallest absolute Gasteiger partial charge is 0.245 e. The van der Waals surface area contributed by atoms with Gasteiger partial charge in [-0.2, -0.15) is 5.10 Å². The summed E-state index contributed by atoms with van der Waals surface area (Å²) < 4.78 is 27.3. The van der Waals surface area contributed by atoms with E-state index in [0.29, 0.717) is 6.42 Å². The van der Waals surface area contributed by atoms with E-state index in [9.17, 15) is 13.5 Å². The molecule has 0 aromatic carbocycles. The normalized spacial score (nSPS) is 13.8. The number of nitrogens with one attached hydrogen (secondary N) is 1. The molecule has 1 aromatic rings. The predicted octanol–water partition coefficient (Wildman–Crippen LogP) is -0.558. The molecule has 17 heavy (non-hydrogen) atoms. The van der Waals surface area contributed by atoms with Gasteiger partial charge >= 0.3 is 0 Å². The lowest BCUT2D eigenvalue weighted by Gasteiger charge is -2.10. The van der Waals surface area contributed by atoms with Gasteiger partial charge in [0.05, 0.1) is 6.10 Å².